The average Bonchev–Trinajstić information content (AvgIpc) is 3.25. The monoisotopic (exact) mass is 533 g/mol. The largest absolute Gasteiger partial charge is 0.479 e. The van der Waals surface area contributed by atoms with Crippen LogP contribution in [0, 0.1) is 6.92 Å². The fraction of sp³-hybridized carbons (Fsp3) is 0.214. The van der Waals surface area contributed by atoms with Gasteiger partial charge in [-0.15, -0.1) is 0 Å². The summed E-state index contributed by atoms with van der Waals surface area (Å²) in [5.41, 5.74) is 2.51. The number of carbonyl (C=O) groups is 1. The van der Waals surface area contributed by atoms with E-state index in [4.69, 9.17) is 21.3 Å². The zero-order valence-corrected chi connectivity index (χ0v) is 22.2. The summed E-state index contributed by atoms with van der Waals surface area (Å²) in [6.07, 6.45) is 3.70. The molecule has 0 saturated carbocycles. The highest BCUT2D eigenvalue weighted by Crippen LogP contribution is 2.43. The van der Waals surface area contributed by atoms with E-state index in [0.29, 0.717) is 32.2 Å². The normalized spacial score (nSPS) is 12.8. The summed E-state index contributed by atoms with van der Waals surface area (Å²) in [6.45, 7) is 7.33. The number of nitrogens with zero attached hydrogens (tertiary/aromatic N) is 3. The third kappa shape index (κ3) is 4.75. The van der Waals surface area contributed by atoms with Crippen LogP contribution in [0.3, 0.4) is 0 Å². The van der Waals surface area contributed by atoms with Gasteiger partial charge in [0.25, 0.3) is 5.56 Å². The molecule has 0 aliphatic heterocycles. The predicted molar refractivity (Wildman–Crippen MR) is 147 cm³/mol. The highest BCUT2D eigenvalue weighted by Gasteiger charge is 2.32. The second kappa shape index (κ2) is 9.37. The van der Waals surface area contributed by atoms with Gasteiger partial charge in [-0.05, 0) is 69.2 Å². The summed E-state index contributed by atoms with van der Waals surface area (Å²) in [7, 11) is 0. The molecule has 0 fully saturated rings. The van der Waals surface area contributed by atoms with Gasteiger partial charge in [0.05, 0.1) is 21.2 Å². The molecule has 1 unspecified atom stereocenters. The molecule has 7 nitrogen and oxygen atoms in total. The van der Waals surface area contributed by atoms with Crippen molar-refractivity contribution in [2.45, 2.75) is 39.4 Å². The molecule has 3 aromatic heterocycles. The van der Waals surface area contributed by atoms with Gasteiger partial charge in [0.15, 0.2) is 11.2 Å². The lowest BCUT2D eigenvalue weighted by Gasteiger charge is -2.28. The maximum atomic E-state index is 13.3. The Morgan fingerprint density at radius 1 is 1.16 bits per heavy atom. The van der Waals surface area contributed by atoms with Gasteiger partial charge in [0, 0.05) is 40.1 Å². The second-order valence-corrected chi connectivity index (χ2v) is 11.1. The van der Waals surface area contributed by atoms with Gasteiger partial charge in [-0.3, -0.25) is 14.3 Å². The number of fused-ring (bicyclic) bond motifs is 2. The van der Waals surface area contributed by atoms with Crippen LogP contribution in [0.25, 0.3) is 37.2 Å². The van der Waals surface area contributed by atoms with Crippen LogP contribution < -0.4 is 5.56 Å². The molecule has 2 aromatic carbocycles. The van der Waals surface area contributed by atoms with Crippen LogP contribution in [0.1, 0.15) is 38.0 Å². The molecule has 0 spiro atoms. The molecule has 1 atom stereocenters. The molecule has 5 aromatic rings. The van der Waals surface area contributed by atoms with Gasteiger partial charge < -0.3 is 9.84 Å². The minimum Gasteiger partial charge on any atom is -0.479 e. The predicted octanol–water partition coefficient (Wildman–Crippen LogP) is 6.57. The molecule has 0 aliphatic rings. The molecule has 9 heteroatoms. The highest BCUT2D eigenvalue weighted by molar-refractivity contribution is 7.21. The first kappa shape index (κ1) is 25.1. The minimum atomic E-state index is -1.21. The van der Waals surface area contributed by atoms with E-state index >= 15 is 0 Å². The van der Waals surface area contributed by atoms with E-state index in [9.17, 15) is 14.7 Å². The number of rotatable bonds is 5. The summed E-state index contributed by atoms with van der Waals surface area (Å²) in [5, 5.41) is 12.5. The Morgan fingerprint density at radius 3 is 2.57 bits per heavy atom. The second-order valence-electron chi connectivity index (χ2n) is 9.74. The summed E-state index contributed by atoms with van der Waals surface area (Å²) in [4.78, 5) is 34.6. The number of ether oxygens (including phenoxy) is 1. The van der Waals surface area contributed by atoms with Gasteiger partial charge in [0.1, 0.15) is 0 Å². The summed E-state index contributed by atoms with van der Waals surface area (Å²) < 4.78 is 8.32. The van der Waals surface area contributed by atoms with Crippen molar-refractivity contribution in [1.82, 2.24) is 14.5 Å². The average molecular weight is 534 g/mol. The molecular weight excluding hydrogens is 510 g/mol. The highest BCUT2D eigenvalue weighted by atomic mass is 35.5. The van der Waals surface area contributed by atoms with Crippen LogP contribution in [0.2, 0.25) is 5.02 Å². The summed E-state index contributed by atoms with van der Waals surface area (Å²) in [6, 6.07) is 12.6. The number of halogens is 1. The number of hydrogen-bond acceptors (Lipinski definition) is 6. The van der Waals surface area contributed by atoms with Crippen molar-refractivity contribution >= 4 is 49.9 Å². The Hall–Kier alpha value is -3.59. The quantitative estimate of drug-likeness (QED) is 0.275. The molecule has 0 saturated heterocycles. The fourth-order valence-corrected chi connectivity index (χ4v) is 5.60. The first-order chi connectivity index (χ1) is 17.5. The Bertz CT molecular complexity index is 1720. The lowest BCUT2D eigenvalue weighted by molar-refractivity contribution is -0.160. The lowest BCUT2D eigenvalue weighted by Crippen LogP contribution is -2.28. The van der Waals surface area contributed by atoms with Gasteiger partial charge in [0.2, 0.25) is 0 Å². The first-order valence-electron chi connectivity index (χ1n) is 11.6. The number of benzene rings is 2. The van der Waals surface area contributed by atoms with Crippen LogP contribution in [0.5, 0.6) is 0 Å². The molecule has 0 aliphatic carbocycles. The van der Waals surface area contributed by atoms with Gasteiger partial charge in [-0.1, -0.05) is 35.1 Å². The summed E-state index contributed by atoms with van der Waals surface area (Å²) >= 11 is 7.49. The van der Waals surface area contributed by atoms with E-state index in [0.717, 1.165) is 21.2 Å². The Morgan fingerprint density at radius 2 is 1.89 bits per heavy atom. The van der Waals surface area contributed by atoms with Crippen molar-refractivity contribution in [3.05, 3.63) is 87.6 Å². The van der Waals surface area contributed by atoms with Crippen LogP contribution in [-0.2, 0) is 9.53 Å². The maximum Gasteiger partial charge on any atom is 0.337 e. The number of hydrogen-bond donors (Lipinski definition) is 1. The number of thiazole rings is 1. The van der Waals surface area contributed by atoms with Crippen molar-refractivity contribution < 1.29 is 14.6 Å². The molecule has 0 amide bonds. The van der Waals surface area contributed by atoms with E-state index in [2.05, 4.69) is 4.98 Å². The van der Waals surface area contributed by atoms with Crippen LogP contribution in [-0.4, -0.2) is 31.2 Å². The van der Waals surface area contributed by atoms with E-state index in [1.165, 1.54) is 15.9 Å². The third-order valence-electron chi connectivity index (χ3n) is 5.92. The standard InChI is InChI=1S/C28H24ClN3O4S/c1-15-13-20-24(37-27(31-20)32-12-10-17-14-30-11-9-19(17)25(32)33)22(16-5-7-18(29)8-6-16)21(15)23(26(34)35)36-28(2,3)4/h5-14,23H,1-4H3,(H,34,35). The van der Waals surface area contributed by atoms with Crippen LogP contribution in [0.4, 0.5) is 0 Å². The number of carboxylic acid groups (broad SMARTS) is 1. The van der Waals surface area contributed by atoms with Crippen LogP contribution in [0.15, 0.2) is 65.8 Å². The number of aliphatic carboxylic acids is 1. The van der Waals surface area contributed by atoms with Gasteiger partial charge in [-0.2, -0.15) is 0 Å². The molecule has 0 radical (unpaired) electrons. The number of pyridine rings is 2. The summed E-state index contributed by atoms with van der Waals surface area (Å²) in [5.74, 6) is -1.09. The third-order valence-corrected chi connectivity index (χ3v) is 7.26. The van der Waals surface area contributed by atoms with Gasteiger partial charge in [-0.25, -0.2) is 9.78 Å². The van der Waals surface area contributed by atoms with E-state index in [1.54, 1.807) is 36.8 Å². The zero-order chi connectivity index (χ0) is 26.5. The van der Waals surface area contributed by atoms with Crippen LogP contribution >= 0.6 is 22.9 Å². The lowest BCUT2D eigenvalue weighted by atomic mass is 9.91. The van der Waals surface area contributed by atoms with E-state index < -0.39 is 17.7 Å². The number of carboxylic acids is 1. The van der Waals surface area contributed by atoms with Crippen molar-refractivity contribution in [3.8, 4) is 16.3 Å². The molecule has 0 bridgehead atoms. The van der Waals surface area contributed by atoms with Crippen molar-refractivity contribution in [1.29, 1.82) is 0 Å². The smallest absolute Gasteiger partial charge is 0.337 e. The first-order valence-corrected chi connectivity index (χ1v) is 12.8. The Labute approximate surface area is 222 Å². The molecule has 3 heterocycles. The SMILES string of the molecule is Cc1cc2nc(-n3ccc4cnccc4c3=O)sc2c(-c2ccc(Cl)cc2)c1C(OC(C)(C)C)C(=O)O. The molecule has 37 heavy (non-hydrogen) atoms. The van der Waals surface area contributed by atoms with E-state index in [1.807, 2.05) is 52.0 Å². The van der Waals surface area contributed by atoms with E-state index in [-0.39, 0.29) is 5.56 Å². The van der Waals surface area contributed by atoms with Crippen molar-refractivity contribution in [3.63, 3.8) is 0 Å². The molecule has 1 N–H and O–H groups in total. The maximum absolute atomic E-state index is 13.3. The van der Waals surface area contributed by atoms with Crippen molar-refractivity contribution in [2.75, 3.05) is 0 Å². The molecule has 188 valence electrons. The number of aryl methyl sites for hydroxylation is 1. The topological polar surface area (TPSA) is 94.3 Å². The Balaban J connectivity index is 1.81. The van der Waals surface area contributed by atoms with Gasteiger partial charge >= 0.3 is 5.97 Å². The molecular formula is C28H24ClN3O4S. The zero-order valence-electron chi connectivity index (χ0n) is 20.7. The minimum absolute atomic E-state index is 0.205. The molecule has 5 rings (SSSR count). The van der Waals surface area contributed by atoms with Crippen molar-refractivity contribution in [2.24, 2.45) is 0 Å². The fourth-order valence-electron chi connectivity index (χ4n) is 4.37. The Kier molecular flexibility index (Phi) is 6.35. The number of aromatic nitrogens is 3.